The van der Waals surface area contributed by atoms with Gasteiger partial charge in [0.15, 0.2) is 0 Å². The molecule has 2 rings (SSSR count). The SMILES string of the molecule is CCCC1(C(=O)O)CCCN(C(=O)C2(CN)CCC2)C1. The maximum Gasteiger partial charge on any atom is 0.311 e. The summed E-state index contributed by atoms with van der Waals surface area (Å²) in [7, 11) is 0. The summed E-state index contributed by atoms with van der Waals surface area (Å²) in [6, 6.07) is 0. The fourth-order valence-electron chi connectivity index (χ4n) is 3.71. The van der Waals surface area contributed by atoms with Crippen molar-refractivity contribution >= 4 is 11.9 Å². The molecular formula is C15H26N2O3. The number of nitrogens with zero attached hydrogens (tertiary/aromatic N) is 1. The maximum atomic E-state index is 12.7. The third-order valence-electron chi connectivity index (χ3n) is 5.20. The minimum atomic E-state index is -0.757. The van der Waals surface area contributed by atoms with E-state index >= 15 is 0 Å². The second kappa shape index (κ2) is 5.72. The van der Waals surface area contributed by atoms with Crippen LogP contribution in [0, 0.1) is 10.8 Å². The first-order valence-corrected chi connectivity index (χ1v) is 7.72. The van der Waals surface area contributed by atoms with Crippen molar-refractivity contribution in [2.45, 2.75) is 51.9 Å². The first-order valence-electron chi connectivity index (χ1n) is 7.72. The van der Waals surface area contributed by atoms with E-state index < -0.39 is 16.8 Å². The summed E-state index contributed by atoms with van der Waals surface area (Å²) in [5, 5.41) is 9.59. The number of carbonyl (C=O) groups excluding carboxylic acids is 1. The molecule has 3 N–H and O–H groups in total. The van der Waals surface area contributed by atoms with Crippen LogP contribution in [0.25, 0.3) is 0 Å². The predicted molar refractivity (Wildman–Crippen MR) is 76.1 cm³/mol. The normalized spacial score (nSPS) is 28.8. The average Bonchev–Trinajstić information content (AvgIpc) is 2.38. The molecule has 0 aromatic heterocycles. The van der Waals surface area contributed by atoms with Gasteiger partial charge >= 0.3 is 5.97 Å². The van der Waals surface area contributed by atoms with Crippen LogP contribution in [0.1, 0.15) is 51.9 Å². The highest BCUT2D eigenvalue weighted by molar-refractivity contribution is 5.85. The number of rotatable bonds is 5. The van der Waals surface area contributed by atoms with E-state index in [1.165, 1.54) is 0 Å². The monoisotopic (exact) mass is 282 g/mol. The lowest BCUT2D eigenvalue weighted by Gasteiger charge is -2.47. The fourth-order valence-corrected chi connectivity index (χ4v) is 3.71. The largest absolute Gasteiger partial charge is 0.481 e. The lowest BCUT2D eigenvalue weighted by molar-refractivity contribution is -0.160. The molecule has 1 amide bonds. The predicted octanol–water partition coefficient (Wildman–Crippen LogP) is 1.61. The van der Waals surface area contributed by atoms with Crippen LogP contribution in [-0.4, -0.2) is 41.5 Å². The van der Waals surface area contributed by atoms with E-state index in [0.717, 1.165) is 32.1 Å². The van der Waals surface area contributed by atoms with Crippen LogP contribution in [0.4, 0.5) is 0 Å². The molecule has 20 heavy (non-hydrogen) atoms. The van der Waals surface area contributed by atoms with Gasteiger partial charge in [0.1, 0.15) is 0 Å². The minimum Gasteiger partial charge on any atom is -0.481 e. The van der Waals surface area contributed by atoms with E-state index in [1.807, 2.05) is 6.92 Å². The van der Waals surface area contributed by atoms with Crippen LogP contribution in [-0.2, 0) is 9.59 Å². The number of carboxylic acid groups (broad SMARTS) is 1. The maximum absolute atomic E-state index is 12.7. The number of nitrogens with two attached hydrogens (primary N) is 1. The van der Waals surface area contributed by atoms with Crippen molar-refractivity contribution in [2.24, 2.45) is 16.6 Å². The molecule has 1 saturated carbocycles. The highest BCUT2D eigenvalue weighted by Gasteiger charge is 2.49. The van der Waals surface area contributed by atoms with Crippen LogP contribution in [0.15, 0.2) is 0 Å². The molecule has 1 saturated heterocycles. The molecule has 1 unspecified atom stereocenters. The number of carbonyl (C=O) groups is 2. The van der Waals surface area contributed by atoms with Crippen LogP contribution in [0.2, 0.25) is 0 Å². The lowest BCUT2D eigenvalue weighted by atomic mass is 9.67. The summed E-state index contributed by atoms with van der Waals surface area (Å²) >= 11 is 0. The van der Waals surface area contributed by atoms with Gasteiger partial charge < -0.3 is 15.7 Å². The molecule has 0 radical (unpaired) electrons. The summed E-state index contributed by atoms with van der Waals surface area (Å²) in [5.41, 5.74) is 4.66. The highest BCUT2D eigenvalue weighted by atomic mass is 16.4. The second-order valence-corrected chi connectivity index (χ2v) is 6.50. The summed E-state index contributed by atoms with van der Waals surface area (Å²) in [6.45, 7) is 3.42. The molecular weight excluding hydrogens is 256 g/mol. The molecule has 0 aromatic rings. The molecule has 114 valence electrons. The summed E-state index contributed by atoms with van der Waals surface area (Å²) < 4.78 is 0. The highest BCUT2D eigenvalue weighted by Crippen LogP contribution is 2.44. The molecule has 1 aliphatic carbocycles. The summed E-state index contributed by atoms with van der Waals surface area (Å²) in [5.74, 6) is -0.667. The van der Waals surface area contributed by atoms with Crippen molar-refractivity contribution in [1.29, 1.82) is 0 Å². The first-order chi connectivity index (χ1) is 9.49. The van der Waals surface area contributed by atoms with Crippen LogP contribution >= 0.6 is 0 Å². The number of aliphatic carboxylic acids is 1. The molecule has 2 aliphatic rings. The van der Waals surface area contributed by atoms with Gasteiger partial charge in [0.2, 0.25) is 5.91 Å². The quantitative estimate of drug-likeness (QED) is 0.802. The van der Waals surface area contributed by atoms with Gasteiger partial charge in [-0.05, 0) is 32.1 Å². The van der Waals surface area contributed by atoms with E-state index in [4.69, 9.17) is 5.73 Å². The number of piperidine rings is 1. The van der Waals surface area contributed by atoms with Crippen molar-refractivity contribution in [3.05, 3.63) is 0 Å². The van der Waals surface area contributed by atoms with Crippen LogP contribution < -0.4 is 5.73 Å². The molecule has 0 spiro atoms. The first kappa shape index (κ1) is 15.3. The van der Waals surface area contributed by atoms with Gasteiger partial charge in [-0.2, -0.15) is 0 Å². The van der Waals surface area contributed by atoms with E-state index in [2.05, 4.69) is 0 Å². The van der Waals surface area contributed by atoms with Crippen molar-refractivity contribution in [3.63, 3.8) is 0 Å². The van der Waals surface area contributed by atoms with Gasteiger partial charge in [-0.3, -0.25) is 9.59 Å². The third kappa shape index (κ3) is 2.43. The molecule has 0 bridgehead atoms. The van der Waals surface area contributed by atoms with E-state index in [1.54, 1.807) is 4.90 Å². The zero-order valence-corrected chi connectivity index (χ0v) is 12.4. The third-order valence-corrected chi connectivity index (χ3v) is 5.20. The van der Waals surface area contributed by atoms with E-state index in [-0.39, 0.29) is 5.91 Å². The van der Waals surface area contributed by atoms with Gasteiger partial charge in [0.05, 0.1) is 10.8 Å². The Kier molecular flexibility index (Phi) is 4.37. The van der Waals surface area contributed by atoms with Gasteiger partial charge in [-0.15, -0.1) is 0 Å². The van der Waals surface area contributed by atoms with Crippen molar-refractivity contribution in [3.8, 4) is 0 Å². The molecule has 5 heteroatoms. The Bertz CT molecular complexity index is 383. The smallest absolute Gasteiger partial charge is 0.311 e. The van der Waals surface area contributed by atoms with Gasteiger partial charge in [0, 0.05) is 19.6 Å². The number of amides is 1. The number of hydrogen-bond donors (Lipinski definition) is 2. The Morgan fingerprint density at radius 1 is 1.20 bits per heavy atom. The number of likely N-dealkylation sites (tertiary alicyclic amines) is 1. The Balaban J connectivity index is 2.13. The van der Waals surface area contributed by atoms with Gasteiger partial charge in [-0.1, -0.05) is 19.8 Å². The Hall–Kier alpha value is -1.10. The van der Waals surface area contributed by atoms with Crippen LogP contribution in [0.3, 0.4) is 0 Å². The summed E-state index contributed by atoms with van der Waals surface area (Å²) in [6.07, 6.45) is 5.68. The van der Waals surface area contributed by atoms with Crippen molar-refractivity contribution < 1.29 is 14.7 Å². The molecule has 1 heterocycles. The topological polar surface area (TPSA) is 83.6 Å². The molecule has 2 fully saturated rings. The van der Waals surface area contributed by atoms with Crippen molar-refractivity contribution in [2.75, 3.05) is 19.6 Å². The van der Waals surface area contributed by atoms with E-state index in [0.29, 0.717) is 32.5 Å². The number of carboxylic acids is 1. The molecule has 1 aliphatic heterocycles. The minimum absolute atomic E-state index is 0.0904. The fraction of sp³-hybridized carbons (Fsp3) is 0.867. The zero-order valence-electron chi connectivity index (χ0n) is 12.4. The summed E-state index contributed by atoms with van der Waals surface area (Å²) in [4.78, 5) is 26.2. The number of hydrogen-bond acceptors (Lipinski definition) is 3. The Morgan fingerprint density at radius 2 is 1.85 bits per heavy atom. The van der Waals surface area contributed by atoms with Crippen LogP contribution in [0.5, 0.6) is 0 Å². The van der Waals surface area contributed by atoms with Gasteiger partial charge in [-0.25, -0.2) is 0 Å². The van der Waals surface area contributed by atoms with E-state index in [9.17, 15) is 14.7 Å². The van der Waals surface area contributed by atoms with Crippen molar-refractivity contribution in [1.82, 2.24) is 4.90 Å². The molecule has 0 aromatic carbocycles. The second-order valence-electron chi connectivity index (χ2n) is 6.50. The standard InChI is InChI=1S/C15H26N2O3/c1-2-5-15(13(19)20)8-4-9-17(11-15)12(18)14(10-16)6-3-7-14/h2-11,16H2,1H3,(H,19,20). The van der Waals surface area contributed by atoms with Gasteiger partial charge in [0.25, 0.3) is 0 Å². The Labute approximate surface area is 120 Å². The zero-order chi connectivity index (χ0) is 14.8. The lowest BCUT2D eigenvalue weighted by Crippen LogP contribution is -2.57. The average molecular weight is 282 g/mol. The Morgan fingerprint density at radius 3 is 2.30 bits per heavy atom. The molecule has 1 atom stereocenters. The molecule has 5 nitrogen and oxygen atoms in total.